The number of fused-ring (bicyclic) bond motifs is 1. The Balaban J connectivity index is 1.31. The number of sulfonamides is 1. The summed E-state index contributed by atoms with van der Waals surface area (Å²) in [5.41, 5.74) is 1.85. The van der Waals surface area contributed by atoms with Crippen molar-refractivity contribution in [2.75, 3.05) is 19.6 Å². The number of aromatic amines is 1. The highest BCUT2D eigenvalue weighted by Gasteiger charge is 2.29. The second-order valence-electron chi connectivity index (χ2n) is 7.98. The van der Waals surface area contributed by atoms with Crippen molar-refractivity contribution in [1.29, 1.82) is 5.41 Å². The second kappa shape index (κ2) is 10.2. The van der Waals surface area contributed by atoms with Crippen molar-refractivity contribution in [3.63, 3.8) is 0 Å². The molecule has 11 heteroatoms. The van der Waals surface area contributed by atoms with Gasteiger partial charge in [-0.1, -0.05) is 12.1 Å². The van der Waals surface area contributed by atoms with E-state index in [9.17, 15) is 13.2 Å². The molecule has 1 aliphatic heterocycles. The van der Waals surface area contributed by atoms with E-state index >= 15 is 0 Å². The molecule has 1 aliphatic rings. The van der Waals surface area contributed by atoms with Crippen LogP contribution in [0.3, 0.4) is 0 Å². The summed E-state index contributed by atoms with van der Waals surface area (Å²) in [5, 5.41) is 20.7. The van der Waals surface area contributed by atoms with Crippen molar-refractivity contribution in [1.82, 2.24) is 30.1 Å². The highest BCUT2D eigenvalue weighted by molar-refractivity contribution is 7.89. The third kappa shape index (κ3) is 5.44. The highest BCUT2D eigenvalue weighted by atomic mass is 32.2. The molecule has 1 saturated heterocycles. The predicted molar refractivity (Wildman–Crippen MR) is 125 cm³/mol. The third-order valence-corrected chi connectivity index (χ3v) is 7.66. The van der Waals surface area contributed by atoms with Crippen molar-refractivity contribution < 1.29 is 13.2 Å². The number of hydrogen-bond acceptors (Lipinski definition) is 7. The van der Waals surface area contributed by atoms with E-state index in [1.54, 1.807) is 36.5 Å². The zero-order chi connectivity index (χ0) is 23.3. The number of amides is 1. The average Bonchev–Trinajstić information content (AvgIpc) is 3.31. The fourth-order valence-corrected chi connectivity index (χ4v) is 5.30. The lowest BCUT2D eigenvalue weighted by atomic mass is 10.1. The summed E-state index contributed by atoms with van der Waals surface area (Å²) in [7, 11) is -3.55. The zero-order valence-corrected chi connectivity index (χ0v) is 18.9. The van der Waals surface area contributed by atoms with Crippen LogP contribution < -0.4 is 10.6 Å². The predicted octanol–water partition coefficient (Wildman–Crippen LogP) is 1.67. The molecule has 0 spiro atoms. The molecule has 0 aliphatic carbocycles. The number of pyridine rings is 1. The van der Waals surface area contributed by atoms with E-state index in [-0.39, 0.29) is 23.4 Å². The van der Waals surface area contributed by atoms with Crippen molar-refractivity contribution in [3.05, 3.63) is 53.9 Å². The molecule has 1 amide bonds. The number of H-pyrrole nitrogens is 1. The molecule has 1 fully saturated rings. The number of nitrogens with one attached hydrogen (secondary N) is 4. The quantitative estimate of drug-likeness (QED) is 0.277. The summed E-state index contributed by atoms with van der Waals surface area (Å²) in [4.78, 5) is 16.8. The van der Waals surface area contributed by atoms with Crippen LogP contribution in [0.25, 0.3) is 11.0 Å². The summed E-state index contributed by atoms with van der Waals surface area (Å²) in [6.45, 7) is 1.96. The summed E-state index contributed by atoms with van der Waals surface area (Å²) in [6.07, 6.45) is 6.65. The van der Waals surface area contributed by atoms with Gasteiger partial charge >= 0.3 is 0 Å². The van der Waals surface area contributed by atoms with Crippen LogP contribution in [0.5, 0.6) is 0 Å². The number of carbonyl (C=O) groups is 1. The molecule has 0 atom stereocenters. The standard InChI is InChI=1S/C22H27N7O3S/c23-8-1-9-24-19-6-10-29(11-7-19)33(31,32)20-4-2-16(3-5-20)13-26-22(30)18-12-17-15-27-28-21(17)25-14-18/h2-5,8,12,14-15,19,23-24H,1,6-7,9-11,13H2,(H,26,30)(H,25,27,28). The summed E-state index contributed by atoms with van der Waals surface area (Å²) < 4.78 is 27.5. The molecule has 174 valence electrons. The lowest BCUT2D eigenvalue weighted by molar-refractivity contribution is 0.0950. The van der Waals surface area contributed by atoms with E-state index in [2.05, 4.69) is 25.8 Å². The zero-order valence-electron chi connectivity index (χ0n) is 18.1. The minimum atomic E-state index is -3.55. The van der Waals surface area contributed by atoms with Crippen LogP contribution in [-0.4, -0.2) is 65.7 Å². The fraction of sp³-hybridized carbons (Fsp3) is 0.364. The Morgan fingerprint density at radius 3 is 2.70 bits per heavy atom. The van der Waals surface area contributed by atoms with Gasteiger partial charge in [-0.15, -0.1) is 0 Å². The molecule has 33 heavy (non-hydrogen) atoms. The molecule has 0 bridgehead atoms. The highest BCUT2D eigenvalue weighted by Crippen LogP contribution is 2.21. The molecule has 4 N–H and O–H groups in total. The molecule has 0 radical (unpaired) electrons. The first-order chi connectivity index (χ1) is 16.0. The van der Waals surface area contributed by atoms with Crippen molar-refractivity contribution in [2.24, 2.45) is 0 Å². The first-order valence-electron chi connectivity index (χ1n) is 10.9. The minimum Gasteiger partial charge on any atom is -0.348 e. The second-order valence-corrected chi connectivity index (χ2v) is 9.92. The summed E-state index contributed by atoms with van der Waals surface area (Å²) in [6, 6.07) is 8.61. The Labute approximate surface area is 192 Å². The molecule has 2 aromatic heterocycles. The van der Waals surface area contributed by atoms with Gasteiger partial charge in [0.2, 0.25) is 10.0 Å². The van der Waals surface area contributed by atoms with E-state index in [4.69, 9.17) is 5.41 Å². The lowest BCUT2D eigenvalue weighted by Gasteiger charge is -2.31. The van der Waals surface area contributed by atoms with Crippen LogP contribution in [0.1, 0.15) is 35.2 Å². The Kier molecular flexibility index (Phi) is 7.11. The van der Waals surface area contributed by atoms with Gasteiger partial charge in [-0.25, -0.2) is 13.4 Å². The first-order valence-corrected chi connectivity index (χ1v) is 12.3. The minimum absolute atomic E-state index is 0.252. The van der Waals surface area contributed by atoms with Crippen LogP contribution in [0.2, 0.25) is 0 Å². The van der Waals surface area contributed by atoms with Gasteiger partial charge < -0.3 is 16.0 Å². The normalized spacial score (nSPS) is 15.5. The topological polar surface area (TPSA) is 144 Å². The van der Waals surface area contributed by atoms with Gasteiger partial charge in [0, 0.05) is 43.8 Å². The molecule has 3 aromatic rings. The van der Waals surface area contributed by atoms with Gasteiger partial charge in [-0.2, -0.15) is 9.40 Å². The summed E-state index contributed by atoms with van der Waals surface area (Å²) >= 11 is 0. The molecule has 10 nitrogen and oxygen atoms in total. The summed E-state index contributed by atoms with van der Waals surface area (Å²) in [5.74, 6) is -0.264. The maximum absolute atomic E-state index is 13.0. The van der Waals surface area contributed by atoms with Gasteiger partial charge in [0.15, 0.2) is 5.65 Å². The van der Waals surface area contributed by atoms with Crippen LogP contribution in [0, 0.1) is 5.41 Å². The average molecular weight is 470 g/mol. The molecule has 4 rings (SSSR count). The lowest BCUT2D eigenvalue weighted by Crippen LogP contribution is -2.45. The number of carbonyl (C=O) groups excluding carboxylic acids is 1. The number of hydrogen-bond donors (Lipinski definition) is 4. The maximum Gasteiger partial charge on any atom is 0.253 e. The van der Waals surface area contributed by atoms with Gasteiger partial charge in [0.05, 0.1) is 16.7 Å². The molecule has 0 saturated carbocycles. The van der Waals surface area contributed by atoms with Gasteiger partial charge in [-0.3, -0.25) is 9.89 Å². The Morgan fingerprint density at radius 1 is 1.21 bits per heavy atom. The SMILES string of the molecule is N=CCCNC1CCN(S(=O)(=O)c2ccc(CNC(=O)c3cnc4[nH]ncc4c3)cc2)CC1. The van der Waals surface area contributed by atoms with E-state index in [0.29, 0.717) is 30.7 Å². The third-order valence-electron chi connectivity index (χ3n) is 5.74. The Hall–Kier alpha value is -3.15. The monoisotopic (exact) mass is 469 g/mol. The molecule has 1 aromatic carbocycles. The van der Waals surface area contributed by atoms with Gasteiger partial charge in [-0.05, 0) is 49.2 Å². The van der Waals surface area contributed by atoms with E-state index < -0.39 is 10.0 Å². The Bertz CT molecular complexity index is 1220. The van der Waals surface area contributed by atoms with E-state index in [0.717, 1.165) is 30.3 Å². The number of piperidine rings is 1. The largest absolute Gasteiger partial charge is 0.348 e. The van der Waals surface area contributed by atoms with Crippen LogP contribution in [0.15, 0.2) is 47.6 Å². The van der Waals surface area contributed by atoms with Crippen molar-refractivity contribution in [3.8, 4) is 0 Å². The smallest absolute Gasteiger partial charge is 0.253 e. The number of benzene rings is 1. The number of rotatable bonds is 9. The van der Waals surface area contributed by atoms with Crippen LogP contribution in [-0.2, 0) is 16.6 Å². The molecule has 0 unspecified atom stereocenters. The van der Waals surface area contributed by atoms with Crippen molar-refractivity contribution >= 4 is 33.2 Å². The number of aromatic nitrogens is 3. The number of nitrogens with zero attached hydrogens (tertiary/aromatic N) is 3. The Morgan fingerprint density at radius 2 is 1.97 bits per heavy atom. The van der Waals surface area contributed by atoms with E-state index in [1.165, 1.54) is 16.7 Å². The van der Waals surface area contributed by atoms with Crippen molar-refractivity contribution in [2.45, 2.75) is 36.7 Å². The first kappa shape index (κ1) is 23.0. The maximum atomic E-state index is 13.0. The molecule has 3 heterocycles. The van der Waals surface area contributed by atoms with Gasteiger partial charge in [0.1, 0.15) is 0 Å². The molecular formula is C22H27N7O3S. The van der Waals surface area contributed by atoms with Crippen LogP contribution in [0.4, 0.5) is 0 Å². The molecular weight excluding hydrogens is 442 g/mol. The van der Waals surface area contributed by atoms with Crippen LogP contribution >= 0.6 is 0 Å². The van der Waals surface area contributed by atoms with E-state index in [1.807, 2.05) is 0 Å². The van der Waals surface area contributed by atoms with Gasteiger partial charge in [0.25, 0.3) is 5.91 Å². The fourth-order valence-electron chi connectivity index (χ4n) is 3.83.